The van der Waals surface area contributed by atoms with Gasteiger partial charge >= 0.3 is 0 Å². The zero-order valence-corrected chi connectivity index (χ0v) is 10.3. The van der Waals surface area contributed by atoms with E-state index in [1.807, 2.05) is 29.0 Å². The third kappa shape index (κ3) is 1.64. The fraction of sp³-hybridized carbons (Fsp3) is 0. The lowest BCUT2D eigenvalue weighted by Gasteiger charge is -2.11. The molecule has 2 amide bonds. The number of carbonyl (C=O) groups excluding carboxylic acids is 2. The Hall–Kier alpha value is -1.72. The maximum atomic E-state index is 12.2. The van der Waals surface area contributed by atoms with Gasteiger partial charge in [-0.05, 0) is 29.0 Å². The van der Waals surface area contributed by atoms with E-state index < -0.39 is 0 Å². The van der Waals surface area contributed by atoms with Crippen LogP contribution < -0.4 is 4.90 Å². The highest BCUT2D eigenvalue weighted by molar-refractivity contribution is 7.15. The largest absolute Gasteiger partial charge is 0.269 e. The van der Waals surface area contributed by atoms with Crippen molar-refractivity contribution in [3.8, 4) is 0 Å². The highest BCUT2D eigenvalue weighted by Gasteiger charge is 2.33. The van der Waals surface area contributed by atoms with Gasteiger partial charge in [0.2, 0.25) is 0 Å². The number of nitrogens with zero attached hydrogens (tertiary/aromatic N) is 1. The molecule has 1 aliphatic rings. The summed E-state index contributed by atoms with van der Waals surface area (Å²) in [5.41, 5.74) is 0.485. The molecule has 3 nitrogen and oxygen atoms in total. The zero-order valence-electron chi connectivity index (χ0n) is 8.62. The van der Waals surface area contributed by atoms with Crippen LogP contribution in [0, 0.1) is 0 Å². The van der Waals surface area contributed by atoms with Crippen LogP contribution in [0.2, 0.25) is 0 Å². The molecule has 5 heteroatoms. The van der Waals surface area contributed by atoms with Crippen molar-refractivity contribution >= 4 is 45.1 Å². The van der Waals surface area contributed by atoms with E-state index in [2.05, 4.69) is 0 Å². The van der Waals surface area contributed by atoms with Gasteiger partial charge in [0.1, 0.15) is 5.00 Å². The van der Waals surface area contributed by atoms with Gasteiger partial charge < -0.3 is 0 Å². The molecule has 2 aromatic rings. The van der Waals surface area contributed by atoms with Crippen LogP contribution in [-0.2, 0) is 9.59 Å². The summed E-state index contributed by atoms with van der Waals surface area (Å²) < 4.78 is 0. The van der Waals surface area contributed by atoms with Crippen molar-refractivity contribution in [1.82, 2.24) is 0 Å². The summed E-state index contributed by atoms with van der Waals surface area (Å²) in [6.45, 7) is 0. The molecule has 17 heavy (non-hydrogen) atoms. The van der Waals surface area contributed by atoms with Crippen LogP contribution in [0.4, 0.5) is 5.00 Å². The second-order valence-electron chi connectivity index (χ2n) is 3.47. The molecule has 2 aromatic heterocycles. The van der Waals surface area contributed by atoms with Gasteiger partial charge in [0.25, 0.3) is 11.8 Å². The van der Waals surface area contributed by atoms with E-state index in [0.717, 1.165) is 4.88 Å². The van der Waals surface area contributed by atoms with Gasteiger partial charge in [-0.2, -0.15) is 0 Å². The van der Waals surface area contributed by atoms with Gasteiger partial charge in [-0.3, -0.25) is 9.59 Å². The number of thiophene rings is 2. The normalized spacial score (nSPS) is 15.5. The fourth-order valence-corrected chi connectivity index (χ4v) is 3.15. The van der Waals surface area contributed by atoms with E-state index in [0.29, 0.717) is 10.6 Å². The minimum absolute atomic E-state index is 0.236. The summed E-state index contributed by atoms with van der Waals surface area (Å²) >= 11 is 2.84. The molecule has 0 spiro atoms. The Kier molecular flexibility index (Phi) is 2.42. The molecule has 0 radical (unpaired) electrons. The number of amides is 2. The standard InChI is InChI=1S/C12H7NO2S2/c14-10-7-8(9-3-1-5-16-9)12(15)13(10)11-4-2-6-17-11/h1-7H. The molecule has 0 aliphatic carbocycles. The predicted octanol–water partition coefficient (Wildman–Crippen LogP) is 2.77. The van der Waals surface area contributed by atoms with Crippen LogP contribution in [0.25, 0.3) is 5.57 Å². The van der Waals surface area contributed by atoms with E-state index in [1.165, 1.54) is 33.6 Å². The maximum absolute atomic E-state index is 12.2. The van der Waals surface area contributed by atoms with Crippen LogP contribution in [0.15, 0.2) is 41.1 Å². The molecule has 0 aromatic carbocycles. The minimum atomic E-state index is -0.263. The van der Waals surface area contributed by atoms with Crippen LogP contribution in [0.5, 0.6) is 0 Å². The Balaban J connectivity index is 2.00. The third-order valence-electron chi connectivity index (χ3n) is 2.43. The van der Waals surface area contributed by atoms with Crippen molar-refractivity contribution in [2.45, 2.75) is 0 Å². The summed E-state index contributed by atoms with van der Waals surface area (Å²) in [6, 6.07) is 7.31. The average Bonchev–Trinajstić information content (AvgIpc) is 2.99. The predicted molar refractivity (Wildman–Crippen MR) is 69.1 cm³/mol. The van der Waals surface area contributed by atoms with Gasteiger partial charge in [-0.25, -0.2) is 4.90 Å². The van der Waals surface area contributed by atoms with Gasteiger partial charge in [-0.15, -0.1) is 22.7 Å². The highest BCUT2D eigenvalue weighted by Crippen LogP contribution is 2.32. The summed E-state index contributed by atoms with van der Waals surface area (Å²) in [6.07, 6.45) is 1.41. The van der Waals surface area contributed by atoms with Crippen LogP contribution >= 0.6 is 22.7 Å². The lowest BCUT2D eigenvalue weighted by Crippen LogP contribution is -2.29. The summed E-state index contributed by atoms with van der Waals surface area (Å²) in [5.74, 6) is -0.499. The van der Waals surface area contributed by atoms with Crippen molar-refractivity contribution in [2.75, 3.05) is 4.90 Å². The zero-order chi connectivity index (χ0) is 11.8. The molecule has 3 heterocycles. The maximum Gasteiger partial charge on any atom is 0.267 e. The van der Waals surface area contributed by atoms with Crippen molar-refractivity contribution < 1.29 is 9.59 Å². The molecule has 0 fully saturated rings. The molecule has 84 valence electrons. The molecular formula is C12H7NO2S2. The SMILES string of the molecule is O=C1C=C(c2cccs2)C(=O)N1c1cccs1. The minimum Gasteiger partial charge on any atom is -0.269 e. The van der Waals surface area contributed by atoms with E-state index >= 15 is 0 Å². The van der Waals surface area contributed by atoms with Crippen molar-refractivity contribution in [1.29, 1.82) is 0 Å². The molecule has 0 bridgehead atoms. The van der Waals surface area contributed by atoms with Crippen LogP contribution in [-0.4, -0.2) is 11.8 Å². The first-order chi connectivity index (χ1) is 8.27. The number of hydrogen-bond acceptors (Lipinski definition) is 4. The average molecular weight is 261 g/mol. The lowest BCUT2D eigenvalue weighted by atomic mass is 10.2. The van der Waals surface area contributed by atoms with Gasteiger partial charge in [0.15, 0.2) is 0 Å². The Morgan fingerprint density at radius 3 is 2.41 bits per heavy atom. The van der Waals surface area contributed by atoms with E-state index in [9.17, 15) is 9.59 Å². The Bertz CT molecular complexity index is 597. The highest BCUT2D eigenvalue weighted by atomic mass is 32.1. The summed E-state index contributed by atoms with van der Waals surface area (Å²) in [7, 11) is 0. The number of imide groups is 1. The van der Waals surface area contributed by atoms with Crippen LogP contribution in [0.3, 0.4) is 0 Å². The molecule has 1 aliphatic heterocycles. The second kappa shape index (κ2) is 3.94. The second-order valence-corrected chi connectivity index (χ2v) is 5.34. The molecule has 0 saturated heterocycles. The monoisotopic (exact) mass is 261 g/mol. The Morgan fingerprint density at radius 2 is 1.76 bits per heavy atom. The molecular weight excluding hydrogens is 254 g/mol. The number of anilines is 1. The fourth-order valence-electron chi connectivity index (χ4n) is 1.68. The quantitative estimate of drug-likeness (QED) is 0.779. The molecule has 0 saturated carbocycles. The van der Waals surface area contributed by atoms with Crippen molar-refractivity contribution in [3.63, 3.8) is 0 Å². The molecule has 0 atom stereocenters. The first-order valence-corrected chi connectivity index (χ1v) is 6.71. The molecule has 0 N–H and O–H groups in total. The number of rotatable bonds is 2. The number of hydrogen-bond donors (Lipinski definition) is 0. The van der Waals surface area contributed by atoms with Crippen molar-refractivity contribution in [2.24, 2.45) is 0 Å². The van der Waals surface area contributed by atoms with Crippen molar-refractivity contribution in [3.05, 3.63) is 46.0 Å². The Labute approximate surface area is 106 Å². The van der Waals surface area contributed by atoms with Crippen LogP contribution in [0.1, 0.15) is 4.88 Å². The molecule has 3 rings (SSSR count). The first kappa shape index (κ1) is 10.4. The topological polar surface area (TPSA) is 37.4 Å². The Morgan fingerprint density at radius 1 is 1.00 bits per heavy atom. The summed E-state index contributed by atoms with van der Waals surface area (Å²) in [4.78, 5) is 26.0. The van der Waals surface area contributed by atoms with Gasteiger partial charge in [0.05, 0.1) is 5.57 Å². The smallest absolute Gasteiger partial charge is 0.267 e. The lowest BCUT2D eigenvalue weighted by molar-refractivity contribution is -0.119. The third-order valence-corrected chi connectivity index (χ3v) is 4.19. The van der Waals surface area contributed by atoms with E-state index in [4.69, 9.17) is 0 Å². The first-order valence-electron chi connectivity index (χ1n) is 4.95. The van der Waals surface area contributed by atoms with Gasteiger partial charge in [0, 0.05) is 11.0 Å². The number of carbonyl (C=O) groups is 2. The van der Waals surface area contributed by atoms with E-state index in [-0.39, 0.29) is 11.8 Å². The van der Waals surface area contributed by atoms with Gasteiger partial charge in [-0.1, -0.05) is 6.07 Å². The van der Waals surface area contributed by atoms with E-state index in [1.54, 1.807) is 6.07 Å². The summed E-state index contributed by atoms with van der Waals surface area (Å²) in [5, 5.41) is 4.41. The molecule has 0 unspecified atom stereocenters.